The van der Waals surface area contributed by atoms with Crippen LogP contribution in [0.2, 0.25) is 0 Å². The minimum absolute atomic E-state index is 0.0175. The van der Waals surface area contributed by atoms with Gasteiger partial charge in [0.2, 0.25) is 0 Å². The van der Waals surface area contributed by atoms with E-state index in [1.165, 1.54) is 12.1 Å². The number of halogens is 1. The number of hydrogen-bond acceptors (Lipinski definition) is 6. The van der Waals surface area contributed by atoms with Crippen molar-refractivity contribution in [1.29, 1.82) is 0 Å². The van der Waals surface area contributed by atoms with Gasteiger partial charge in [-0.1, -0.05) is 19.1 Å². The SMILES string of the molecule is C[C@]12CC[C@H]3[C@H](CC[C@]4(O)C[C@H](O)CC[C@]34C=NCCc3ccc(F)cc3)[C@]1(O)CC[C@H]2C1=CC(=O)OC1. The number of nitrogens with zero attached hydrogens (tertiary/aromatic N) is 1. The summed E-state index contributed by atoms with van der Waals surface area (Å²) in [6.07, 6.45) is 9.80. The molecule has 5 aliphatic rings. The molecule has 0 spiro atoms. The van der Waals surface area contributed by atoms with Crippen molar-refractivity contribution in [2.24, 2.45) is 33.6 Å². The van der Waals surface area contributed by atoms with Crippen LogP contribution in [0.15, 0.2) is 40.9 Å². The van der Waals surface area contributed by atoms with Crippen LogP contribution in [0.1, 0.15) is 70.3 Å². The number of aliphatic imine (C=N–C) groups is 1. The minimum atomic E-state index is -1.05. The van der Waals surface area contributed by atoms with Crippen LogP contribution in [-0.2, 0) is 16.0 Å². The van der Waals surface area contributed by atoms with Crippen LogP contribution >= 0.6 is 0 Å². The fourth-order valence-corrected chi connectivity index (χ4v) is 9.43. The molecule has 0 bridgehead atoms. The number of fused-ring (bicyclic) bond motifs is 5. The van der Waals surface area contributed by atoms with E-state index in [1.807, 2.05) is 6.21 Å². The molecular formula is C31H40FNO5. The van der Waals surface area contributed by atoms with Crippen LogP contribution in [0.5, 0.6) is 0 Å². The molecule has 0 radical (unpaired) electrons. The van der Waals surface area contributed by atoms with Gasteiger partial charge in [-0.25, -0.2) is 9.18 Å². The van der Waals surface area contributed by atoms with Gasteiger partial charge in [-0.15, -0.1) is 0 Å². The molecule has 1 aromatic rings. The van der Waals surface area contributed by atoms with Crippen LogP contribution in [-0.4, -0.2) is 58.0 Å². The molecule has 4 saturated carbocycles. The molecular weight excluding hydrogens is 485 g/mol. The maximum atomic E-state index is 13.3. The highest BCUT2D eigenvalue weighted by Gasteiger charge is 2.71. The van der Waals surface area contributed by atoms with Gasteiger partial charge in [-0.2, -0.15) is 0 Å². The molecule has 0 aromatic heterocycles. The molecule has 4 fully saturated rings. The molecule has 6 rings (SSSR count). The summed E-state index contributed by atoms with van der Waals surface area (Å²) in [6, 6.07) is 6.48. The molecule has 0 saturated heterocycles. The maximum absolute atomic E-state index is 13.3. The van der Waals surface area contributed by atoms with Gasteiger partial charge < -0.3 is 20.1 Å². The van der Waals surface area contributed by atoms with Crippen molar-refractivity contribution < 1.29 is 29.2 Å². The molecule has 38 heavy (non-hydrogen) atoms. The second kappa shape index (κ2) is 9.24. The second-order valence-electron chi connectivity index (χ2n) is 12.9. The number of cyclic esters (lactones) is 1. The van der Waals surface area contributed by atoms with E-state index < -0.39 is 22.7 Å². The summed E-state index contributed by atoms with van der Waals surface area (Å²) in [5.41, 5.74) is -0.865. The Bertz CT molecular complexity index is 1150. The number of benzene rings is 1. The third-order valence-corrected chi connectivity index (χ3v) is 11.4. The zero-order chi connectivity index (χ0) is 26.8. The van der Waals surface area contributed by atoms with Gasteiger partial charge in [0, 0.05) is 36.1 Å². The highest BCUT2D eigenvalue weighted by atomic mass is 19.1. The van der Waals surface area contributed by atoms with Crippen LogP contribution in [0.4, 0.5) is 4.39 Å². The molecule has 1 heterocycles. The van der Waals surface area contributed by atoms with E-state index in [-0.39, 0.29) is 35.0 Å². The lowest BCUT2D eigenvalue weighted by Crippen LogP contribution is -2.68. The van der Waals surface area contributed by atoms with Crippen molar-refractivity contribution in [1.82, 2.24) is 0 Å². The largest absolute Gasteiger partial charge is 0.458 e. The second-order valence-corrected chi connectivity index (χ2v) is 12.9. The van der Waals surface area contributed by atoms with Crippen molar-refractivity contribution in [2.75, 3.05) is 13.2 Å². The van der Waals surface area contributed by atoms with E-state index in [1.54, 1.807) is 18.2 Å². The lowest BCUT2D eigenvalue weighted by molar-refractivity contribution is -0.237. The van der Waals surface area contributed by atoms with E-state index in [4.69, 9.17) is 9.73 Å². The van der Waals surface area contributed by atoms with E-state index in [9.17, 15) is 24.5 Å². The summed E-state index contributed by atoms with van der Waals surface area (Å²) < 4.78 is 18.5. The van der Waals surface area contributed by atoms with Gasteiger partial charge in [-0.3, -0.25) is 4.99 Å². The molecule has 7 heteroatoms. The van der Waals surface area contributed by atoms with Gasteiger partial charge in [0.25, 0.3) is 0 Å². The molecule has 3 N–H and O–H groups in total. The highest BCUT2D eigenvalue weighted by Crippen LogP contribution is 2.70. The first-order chi connectivity index (χ1) is 18.1. The first-order valence-electron chi connectivity index (χ1n) is 14.4. The molecule has 6 nitrogen and oxygen atoms in total. The first-order valence-corrected chi connectivity index (χ1v) is 14.4. The Kier molecular flexibility index (Phi) is 6.36. The standard InChI is InChI=1S/C31H40FNO5/c1-28-11-7-25-26(31(28,37)14-9-24(28)21-16-27(35)38-18-21)8-13-30(36)17-23(34)6-12-29(25,30)19-33-15-10-20-2-4-22(32)5-3-20/h2-5,16,19,23-26,34,36-37H,6-15,17-18H2,1H3/t23-,24+,25+,26+,28-,29+,30+,31-/m1/s1. The molecule has 4 aliphatic carbocycles. The van der Waals surface area contributed by atoms with Crippen molar-refractivity contribution in [2.45, 2.75) is 88.4 Å². The number of rotatable bonds is 5. The van der Waals surface area contributed by atoms with Gasteiger partial charge in [-0.05, 0) is 98.8 Å². The minimum Gasteiger partial charge on any atom is -0.458 e. The Hall–Kier alpha value is -2.09. The van der Waals surface area contributed by atoms with Gasteiger partial charge >= 0.3 is 5.97 Å². The topological polar surface area (TPSA) is 99.4 Å². The van der Waals surface area contributed by atoms with Crippen molar-refractivity contribution in [3.63, 3.8) is 0 Å². The lowest BCUT2D eigenvalue weighted by Gasteiger charge is -2.65. The summed E-state index contributed by atoms with van der Waals surface area (Å²) in [5, 5.41) is 35.1. The average molecular weight is 526 g/mol. The fourth-order valence-electron chi connectivity index (χ4n) is 9.43. The predicted molar refractivity (Wildman–Crippen MR) is 141 cm³/mol. The van der Waals surface area contributed by atoms with Crippen LogP contribution in [0, 0.1) is 34.4 Å². The summed E-state index contributed by atoms with van der Waals surface area (Å²) in [4.78, 5) is 16.7. The Labute approximate surface area is 224 Å². The molecule has 8 atom stereocenters. The van der Waals surface area contributed by atoms with E-state index in [2.05, 4.69) is 6.92 Å². The van der Waals surface area contributed by atoms with Crippen molar-refractivity contribution >= 4 is 12.2 Å². The van der Waals surface area contributed by atoms with Crippen LogP contribution in [0.25, 0.3) is 0 Å². The zero-order valence-corrected chi connectivity index (χ0v) is 22.2. The summed E-state index contributed by atoms with van der Waals surface area (Å²) in [5.74, 6) is -0.337. The Morgan fingerprint density at radius 3 is 2.55 bits per heavy atom. The molecule has 1 aliphatic heterocycles. The smallest absolute Gasteiger partial charge is 0.331 e. The summed E-state index contributed by atoms with van der Waals surface area (Å²) in [7, 11) is 0. The summed E-state index contributed by atoms with van der Waals surface area (Å²) >= 11 is 0. The monoisotopic (exact) mass is 525 g/mol. The number of esters is 1. The van der Waals surface area contributed by atoms with E-state index in [0.29, 0.717) is 58.1 Å². The predicted octanol–water partition coefficient (Wildman–Crippen LogP) is 4.15. The average Bonchev–Trinajstić information content (AvgIpc) is 3.42. The normalized spacial score (nSPS) is 44.3. The lowest BCUT2D eigenvalue weighted by atomic mass is 9.41. The van der Waals surface area contributed by atoms with Crippen molar-refractivity contribution in [3.05, 3.63) is 47.3 Å². The summed E-state index contributed by atoms with van der Waals surface area (Å²) in [6.45, 7) is 3.06. The number of carbonyl (C=O) groups excluding carboxylic acids is 1. The van der Waals surface area contributed by atoms with Crippen molar-refractivity contribution in [3.8, 4) is 0 Å². The van der Waals surface area contributed by atoms with Gasteiger partial charge in [0.15, 0.2) is 0 Å². The number of carbonyl (C=O) groups is 1. The molecule has 206 valence electrons. The Morgan fingerprint density at radius 1 is 1.05 bits per heavy atom. The quantitative estimate of drug-likeness (QED) is 0.396. The molecule has 0 unspecified atom stereocenters. The van der Waals surface area contributed by atoms with Gasteiger partial charge in [0.1, 0.15) is 12.4 Å². The third-order valence-electron chi connectivity index (χ3n) is 11.4. The maximum Gasteiger partial charge on any atom is 0.331 e. The fraction of sp³-hybridized carbons (Fsp3) is 0.677. The van der Waals surface area contributed by atoms with E-state index >= 15 is 0 Å². The first kappa shape index (κ1) is 26.1. The van der Waals surface area contributed by atoms with Crippen LogP contribution < -0.4 is 0 Å². The van der Waals surface area contributed by atoms with E-state index in [0.717, 1.165) is 30.4 Å². The Balaban J connectivity index is 1.30. The third kappa shape index (κ3) is 3.83. The zero-order valence-electron chi connectivity index (χ0n) is 22.2. The molecule has 1 aromatic carbocycles. The highest BCUT2D eigenvalue weighted by molar-refractivity contribution is 5.85. The number of ether oxygens (including phenoxy) is 1. The number of aliphatic hydroxyl groups excluding tert-OH is 1. The van der Waals surface area contributed by atoms with Crippen LogP contribution in [0.3, 0.4) is 0 Å². The number of hydrogen-bond donors (Lipinski definition) is 3. The Morgan fingerprint density at radius 2 is 1.82 bits per heavy atom. The number of aliphatic hydroxyl groups is 3. The molecule has 0 amide bonds. The van der Waals surface area contributed by atoms with Gasteiger partial charge in [0.05, 0.1) is 17.3 Å².